The summed E-state index contributed by atoms with van der Waals surface area (Å²) in [5.41, 5.74) is -0.627. The van der Waals surface area contributed by atoms with Crippen LogP contribution in [0.2, 0.25) is 0 Å². The van der Waals surface area contributed by atoms with E-state index in [-0.39, 0.29) is 18.4 Å². The summed E-state index contributed by atoms with van der Waals surface area (Å²) >= 11 is 0. The molecular weight excluding hydrogens is 343 g/mol. The molecule has 1 rings (SSSR count). The fourth-order valence-electron chi connectivity index (χ4n) is 1.94. The molecule has 0 radical (unpaired) electrons. The molecular formula is C16H20F3NO5. The lowest BCUT2D eigenvalue weighted by atomic mass is 10.0. The molecule has 0 aliphatic carbocycles. The zero-order valence-corrected chi connectivity index (χ0v) is 14.0. The molecule has 0 aromatic heterocycles. The number of aryl methyl sites for hydroxylation is 1. The maximum atomic E-state index is 12.4. The van der Waals surface area contributed by atoms with Crippen molar-refractivity contribution in [1.82, 2.24) is 5.32 Å². The van der Waals surface area contributed by atoms with Gasteiger partial charge in [0.2, 0.25) is 0 Å². The lowest BCUT2D eigenvalue weighted by Crippen LogP contribution is -2.43. The van der Waals surface area contributed by atoms with Gasteiger partial charge in [-0.2, -0.15) is 0 Å². The number of carbonyl (C=O) groups is 2. The van der Waals surface area contributed by atoms with E-state index in [2.05, 4.69) is 10.1 Å². The number of halogens is 3. The standard InChI is InChI=1S/C16H20F3NO5/c1-15(2,3)25-14(23)20-11(13(21)22)9-8-10-6-4-5-7-12(10)24-16(17,18)19/h4-7,11H,8-9H2,1-3H3,(H,20,23)(H,21,22)/t11-/m0/s1. The number of alkyl halides is 3. The van der Waals surface area contributed by atoms with E-state index in [1.165, 1.54) is 18.2 Å². The van der Waals surface area contributed by atoms with Crippen molar-refractivity contribution >= 4 is 12.1 Å². The summed E-state index contributed by atoms with van der Waals surface area (Å²) in [6.07, 6.45) is -5.94. The topological polar surface area (TPSA) is 84.9 Å². The van der Waals surface area contributed by atoms with Gasteiger partial charge in [0, 0.05) is 0 Å². The number of hydrogen-bond acceptors (Lipinski definition) is 4. The number of benzene rings is 1. The highest BCUT2D eigenvalue weighted by Gasteiger charge is 2.32. The predicted molar refractivity (Wildman–Crippen MR) is 82.2 cm³/mol. The quantitative estimate of drug-likeness (QED) is 0.808. The van der Waals surface area contributed by atoms with Gasteiger partial charge in [-0.3, -0.25) is 0 Å². The number of para-hydroxylation sites is 1. The highest BCUT2D eigenvalue weighted by atomic mass is 19.4. The fraction of sp³-hybridized carbons (Fsp3) is 0.500. The Labute approximate surface area is 142 Å². The molecule has 1 amide bonds. The predicted octanol–water partition coefficient (Wildman–Crippen LogP) is 3.50. The molecule has 25 heavy (non-hydrogen) atoms. The molecule has 0 heterocycles. The second-order valence-corrected chi connectivity index (χ2v) is 6.23. The molecule has 6 nitrogen and oxygen atoms in total. The number of hydrogen-bond donors (Lipinski definition) is 2. The van der Waals surface area contributed by atoms with Gasteiger partial charge in [0.25, 0.3) is 0 Å². The van der Waals surface area contributed by atoms with Gasteiger partial charge >= 0.3 is 18.4 Å². The minimum atomic E-state index is -4.85. The van der Waals surface area contributed by atoms with Crippen LogP contribution in [0, 0.1) is 0 Å². The van der Waals surface area contributed by atoms with Gasteiger partial charge in [0.05, 0.1) is 0 Å². The van der Waals surface area contributed by atoms with Crippen molar-refractivity contribution in [3.05, 3.63) is 29.8 Å². The summed E-state index contributed by atoms with van der Waals surface area (Å²) in [6.45, 7) is 4.85. The number of carboxylic acids is 1. The first kappa shape index (κ1) is 20.6. The normalized spacial score (nSPS) is 13.0. The Balaban J connectivity index is 2.76. The van der Waals surface area contributed by atoms with Crippen molar-refractivity contribution in [3.63, 3.8) is 0 Å². The lowest BCUT2D eigenvalue weighted by molar-refractivity contribution is -0.274. The monoisotopic (exact) mass is 363 g/mol. The van der Waals surface area contributed by atoms with Crippen molar-refractivity contribution in [2.75, 3.05) is 0 Å². The molecule has 9 heteroatoms. The molecule has 0 aliphatic heterocycles. The third-order valence-corrected chi connectivity index (χ3v) is 2.89. The SMILES string of the molecule is CC(C)(C)OC(=O)N[C@@H](CCc1ccccc1OC(F)(F)F)C(=O)O. The van der Waals surface area contributed by atoms with Crippen LogP contribution in [0.4, 0.5) is 18.0 Å². The van der Waals surface area contributed by atoms with Gasteiger partial charge in [-0.05, 0) is 45.2 Å². The van der Waals surface area contributed by atoms with Crippen molar-refractivity contribution < 1.29 is 37.3 Å². The lowest BCUT2D eigenvalue weighted by Gasteiger charge is -2.22. The van der Waals surface area contributed by atoms with Crippen LogP contribution in [0.15, 0.2) is 24.3 Å². The third kappa shape index (κ3) is 8.27. The highest BCUT2D eigenvalue weighted by Crippen LogP contribution is 2.27. The molecule has 0 bridgehead atoms. The van der Waals surface area contributed by atoms with Crippen molar-refractivity contribution in [1.29, 1.82) is 0 Å². The Morgan fingerprint density at radius 2 is 1.80 bits per heavy atom. The van der Waals surface area contributed by atoms with Crippen LogP contribution in [-0.4, -0.2) is 35.2 Å². The van der Waals surface area contributed by atoms with E-state index in [0.717, 1.165) is 6.07 Å². The van der Waals surface area contributed by atoms with Gasteiger partial charge in [-0.15, -0.1) is 13.2 Å². The molecule has 0 spiro atoms. The summed E-state index contributed by atoms with van der Waals surface area (Å²) < 4.78 is 46.1. The molecule has 0 unspecified atom stereocenters. The molecule has 140 valence electrons. The Morgan fingerprint density at radius 3 is 2.32 bits per heavy atom. The van der Waals surface area contributed by atoms with Crippen LogP contribution < -0.4 is 10.1 Å². The maximum Gasteiger partial charge on any atom is 0.573 e. The van der Waals surface area contributed by atoms with Crippen LogP contribution in [0.25, 0.3) is 0 Å². The number of alkyl carbamates (subject to hydrolysis) is 1. The zero-order valence-electron chi connectivity index (χ0n) is 14.0. The van der Waals surface area contributed by atoms with E-state index >= 15 is 0 Å². The second-order valence-electron chi connectivity index (χ2n) is 6.23. The first-order valence-corrected chi connectivity index (χ1v) is 7.43. The second kappa shape index (κ2) is 8.09. The molecule has 0 saturated carbocycles. The molecule has 1 aromatic rings. The average Bonchev–Trinajstić information content (AvgIpc) is 2.40. The molecule has 2 N–H and O–H groups in total. The van der Waals surface area contributed by atoms with E-state index in [1.807, 2.05) is 0 Å². The number of nitrogens with one attached hydrogen (secondary N) is 1. The Hall–Kier alpha value is -2.45. The number of aliphatic carboxylic acids is 1. The summed E-state index contributed by atoms with van der Waals surface area (Å²) in [5.74, 6) is -1.73. The van der Waals surface area contributed by atoms with E-state index in [4.69, 9.17) is 4.74 Å². The van der Waals surface area contributed by atoms with Gasteiger partial charge in [0.15, 0.2) is 0 Å². The molecule has 0 aliphatic rings. The number of rotatable bonds is 6. The van der Waals surface area contributed by atoms with Gasteiger partial charge in [-0.25, -0.2) is 9.59 Å². The molecule has 1 atom stereocenters. The summed E-state index contributed by atoms with van der Waals surface area (Å²) in [5, 5.41) is 11.4. The van der Waals surface area contributed by atoms with Crippen LogP contribution in [0.1, 0.15) is 32.8 Å². The van der Waals surface area contributed by atoms with Crippen molar-refractivity contribution in [2.45, 2.75) is 51.6 Å². The minimum Gasteiger partial charge on any atom is -0.480 e. The maximum absolute atomic E-state index is 12.4. The van der Waals surface area contributed by atoms with Gasteiger partial charge in [0.1, 0.15) is 17.4 Å². The molecule has 1 aromatic carbocycles. The smallest absolute Gasteiger partial charge is 0.480 e. The molecule has 0 saturated heterocycles. The summed E-state index contributed by atoms with van der Waals surface area (Å²) in [7, 11) is 0. The van der Waals surface area contributed by atoms with Crippen LogP contribution in [0.3, 0.4) is 0 Å². The zero-order chi connectivity index (χ0) is 19.3. The van der Waals surface area contributed by atoms with Gasteiger partial charge in [-0.1, -0.05) is 18.2 Å². The van der Waals surface area contributed by atoms with E-state index in [9.17, 15) is 27.9 Å². The summed E-state index contributed by atoms with van der Waals surface area (Å²) in [6, 6.07) is 4.11. The number of carbonyl (C=O) groups excluding carboxylic acids is 1. The number of amides is 1. The van der Waals surface area contributed by atoms with Crippen molar-refractivity contribution in [3.8, 4) is 5.75 Å². The van der Waals surface area contributed by atoms with Gasteiger partial charge < -0.3 is 19.9 Å². The van der Waals surface area contributed by atoms with Crippen LogP contribution >= 0.6 is 0 Å². The molecule has 0 fully saturated rings. The van der Waals surface area contributed by atoms with Crippen LogP contribution in [-0.2, 0) is 16.0 Å². The summed E-state index contributed by atoms with van der Waals surface area (Å²) in [4.78, 5) is 22.9. The first-order chi connectivity index (χ1) is 11.4. The minimum absolute atomic E-state index is 0.0426. The fourth-order valence-corrected chi connectivity index (χ4v) is 1.94. The van der Waals surface area contributed by atoms with E-state index in [0.29, 0.717) is 0 Å². The average molecular weight is 363 g/mol. The third-order valence-electron chi connectivity index (χ3n) is 2.89. The van der Waals surface area contributed by atoms with Crippen molar-refractivity contribution in [2.24, 2.45) is 0 Å². The number of carboxylic acid groups (broad SMARTS) is 1. The van der Waals surface area contributed by atoms with E-state index < -0.39 is 35.8 Å². The van der Waals surface area contributed by atoms with Crippen LogP contribution in [0.5, 0.6) is 5.75 Å². The Bertz CT molecular complexity index is 611. The largest absolute Gasteiger partial charge is 0.573 e. The van der Waals surface area contributed by atoms with E-state index in [1.54, 1.807) is 20.8 Å². The highest BCUT2D eigenvalue weighted by molar-refractivity contribution is 5.80. The Kier molecular flexibility index (Phi) is 6.66. The first-order valence-electron chi connectivity index (χ1n) is 7.43. The Morgan fingerprint density at radius 1 is 1.20 bits per heavy atom. The number of ether oxygens (including phenoxy) is 2.